The van der Waals surface area contributed by atoms with Gasteiger partial charge in [-0.25, -0.2) is 4.99 Å². The lowest BCUT2D eigenvalue weighted by atomic mass is 10.1. The van der Waals surface area contributed by atoms with E-state index < -0.39 is 0 Å². The highest BCUT2D eigenvalue weighted by molar-refractivity contribution is 7.07. The third kappa shape index (κ3) is 4.20. The highest BCUT2D eigenvalue weighted by Gasteiger charge is 2.15. The van der Waals surface area contributed by atoms with Gasteiger partial charge in [-0.15, -0.1) is 11.3 Å². The van der Waals surface area contributed by atoms with Crippen molar-refractivity contribution >= 4 is 22.7 Å². The molecule has 31 heavy (non-hydrogen) atoms. The zero-order chi connectivity index (χ0) is 22.1. The number of aryl methyl sites for hydroxylation is 4. The van der Waals surface area contributed by atoms with Crippen LogP contribution in [0.5, 0.6) is 0 Å². The molecule has 156 valence electrons. The van der Waals surface area contributed by atoms with Gasteiger partial charge in [0.1, 0.15) is 0 Å². The SMILES string of the molecule is Cc1ccc(N=c2scc(-c3cccc([N+](=O)[O-])c3)n2-c2ccc(C)cc2C)c(C)c1. The molecule has 0 atom stereocenters. The summed E-state index contributed by atoms with van der Waals surface area (Å²) in [6, 6.07) is 19.2. The lowest BCUT2D eigenvalue weighted by Crippen LogP contribution is -2.15. The molecule has 0 aliphatic carbocycles. The van der Waals surface area contributed by atoms with E-state index in [1.54, 1.807) is 12.1 Å². The standard InChI is InChI=1S/C25H23N3O2S/c1-16-8-10-22(18(3)12-16)26-25-27(23-11-9-17(2)13-19(23)4)24(15-31-25)20-6-5-7-21(14-20)28(29)30/h5-15H,1-4H3. The summed E-state index contributed by atoms with van der Waals surface area (Å²) in [4.78, 5) is 16.8. The zero-order valence-corrected chi connectivity index (χ0v) is 18.7. The summed E-state index contributed by atoms with van der Waals surface area (Å²) in [6.07, 6.45) is 0. The van der Waals surface area contributed by atoms with E-state index in [0.717, 1.165) is 38.6 Å². The molecule has 1 heterocycles. The smallest absolute Gasteiger partial charge is 0.270 e. The summed E-state index contributed by atoms with van der Waals surface area (Å²) >= 11 is 1.53. The Kier molecular flexibility index (Phi) is 5.57. The van der Waals surface area contributed by atoms with E-state index >= 15 is 0 Å². The molecule has 1 aromatic heterocycles. The van der Waals surface area contributed by atoms with Crippen LogP contribution >= 0.6 is 11.3 Å². The molecule has 0 aliphatic heterocycles. The first-order chi connectivity index (χ1) is 14.8. The minimum Gasteiger partial charge on any atom is -0.285 e. The average Bonchev–Trinajstić information content (AvgIpc) is 3.13. The molecule has 0 saturated heterocycles. The molecule has 5 nitrogen and oxygen atoms in total. The Morgan fingerprint density at radius 1 is 0.903 bits per heavy atom. The second kappa shape index (κ2) is 8.32. The van der Waals surface area contributed by atoms with E-state index in [-0.39, 0.29) is 10.6 Å². The number of non-ortho nitro benzene ring substituents is 1. The summed E-state index contributed by atoms with van der Waals surface area (Å²) in [7, 11) is 0. The first-order valence-electron chi connectivity index (χ1n) is 9.98. The van der Waals surface area contributed by atoms with E-state index in [0.29, 0.717) is 0 Å². The van der Waals surface area contributed by atoms with E-state index in [1.165, 1.54) is 28.5 Å². The molecule has 0 fully saturated rings. The van der Waals surface area contributed by atoms with Crippen LogP contribution < -0.4 is 4.80 Å². The maximum absolute atomic E-state index is 11.3. The van der Waals surface area contributed by atoms with Crippen LogP contribution in [0.4, 0.5) is 11.4 Å². The highest BCUT2D eigenvalue weighted by atomic mass is 32.1. The number of nitro groups is 1. The Labute approximate surface area is 185 Å². The summed E-state index contributed by atoms with van der Waals surface area (Å²) in [5.74, 6) is 0. The van der Waals surface area contributed by atoms with Crippen LogP contribution in [0.15, 0.2) is 71.0 Å². The van der Waals surface area contributed by atoms with Gasteiger partial charge in [0.25, 0.3) is 5.69 Å². The Morgan fingerprint density at radius 2 is 1.61 bits per heavy atom. The van der Waals surface area contributed by atoms with Gasteiger partial charge in [-0.05, 0) is 51.0 Å². The number of hydrogen-bond donors (Lipinski definition) is 0. The van der Waals surface area contributed by atoms with E-state index in [9.17, 15) is 10.1 Å². The average molecular weight is 430 g/mol. The quantitative estimate of drug-likeness (QED) is 0.272. The molecule has 6 heteroatoms. The second-order valence-electron chi connectivity index (χ2n) is 7.74. The van der Waals surface area contributed by atoms with Crippen molar-refractivity contribution in [1.29, 1.82) is 0 Å². The summed E-state index contributed by atoms with van der Waals surface area (Å²) in [6.45, 7) is 8.27. The van der Waals surface area contributed by atoms with E-state index in [1.807, 2.05) is 17.5 Å². The Bertz CT molecular complexity index is 1370. The first-order valence-corrected chi connectivity index (χ1v) is 10.9. The van der Waals surface area contributed by atoms with Crippen molar-refractivity contribution in [3.05, 3.63) is 103 Å². The number of aromatic nitrogens is 1. The molecule has 0 radical (unpaired) electrons. The van der Waals surface area contributed by atoms with Crippen molar-refractivity contribution in [3.8, 4) is 16.9 Å². The molecule has 3 aromatic carbocycles. The van der Waals surface area contributed by atoms with Crippen LogP contribution in [0.3, 0.4) is 0 Å². The van der Waals surface area contributed by atoms with Crippen LogP contribution in [0.1, 0.15) is 22.3 Å². The molecule has 4 aromatic rings. The lowest BCUT2D eigenvalue weighted by Gasteiger charge is -2.13. The summed E-state index contributed by atoms with van der Waals surface area (Å²) in [5.41, 5.74) is 8.27. The monoisotopic (exact) mass is 429 g/mol. The molecular weight excluding hydrogens is 406 g/mol. The van der Waals surface area contributed by atoms with E-state index in [4.69, 9.17) is 4.99 Å². The van der Waals surface area contributed by atoms with Gasteiger partial charge < -0.3 is 0 Å². The normalized spacial score (nSPS) is 11.7. The second-order valence-corrected chi connectivity index (χ2v) is 8.57. The molecule has 0 spiro atoms. The lowest BCUT2D eigenvalue weighted by molar-refractivity contribution is -0.384. The molecule has 4 rings (SSSR count). The van der Waals surface area contributed by atoms with Gasteiger partial charge in [-0.1, -0.05) is 47.5 Å². The van der Waals surface area contributed by atoms with Gasteiger partial charge in [0.05, 0.1) is 22.0 Å². The topological polar surface area (TPSA) is 60.4 Å². The predicted molar refractivity (Wildman–Crippen MR) is 126 cm³/mol. The Morgan fingerprint density at radius 3 is 2.29 bits per heavy atom. The maximum atomic E-state index is 11.3. The predicted octanol–water partition coefficient (Wildman–Crippen LogP) is 6.58. The fourth-order valence-corrected chi connectivity index (χ4v) is 4.60. The molecule has 0 saturated carbocycles. The van der Waals surface area contributed by atoms with Crippen LogP contribution in [-0.2, 0) is 0 Å². The summed E-state index contributed by atoms with van der Waals surface area (Å²) < 4.78 is 2.10. The van der Waals surface area contributed by atoms with Gasteiger partial charge in [0.2, 0.25) is 0 Å². The van der Waals surface area contributed by atoms with Crippen LogP contribution in [0.2, 0.25) is 0 Å². The van der Waals surface area contributed by atoms with Crippen LogP contribution in [0.25, 0.3) is 16.9 Å². The first kappa shape index (κ1) is 20.8. The summed E-state index contributed by atoms with van der Waals surface area (Å²) in [5, 5.41) is 13.3. The molecule has 0 amide bonds. The largest absolute Gasteiger partial charge is 0.285 e. The van der Waals surface area contributed by atoms with E-state index in [2.05, 4.69) is 62.6 Å². The van der Waals surface area contributed by atoms with Crippen LogP contribution in [-0.4, -0.2) is 9.49 Å². The highest BCUT2D eigenvalue weighted by Crippen LogP contribution is 2.29. The molecule has 0 N–H and O–H groups in total. The van der Waals surface area contributed by atoms with Crippen molar-refractivity contribution in [1.82, 2.24) is 4.57 Å². The number of thiazole rings is 1. The van der Waals surface area contributed by atoms with Gasteiger partial charge in [-0.2, -0.15) is 0 Å². The van der Waals surface area contributed by atoms with Gasteiger partial charge >= 0.3 is 0 Å². The molecular formula is C25H23N3O2S. The minimum absolute atomic E-state index is 0.0729. The minimum atomic E-state index is -0.363. The number of nitro benzene ring substituents is 1. The number of benzene rings is 3. The van der Waals surface area contributed by atoms with Crippen LogP contribution in [0, 0.1) is 37.8 Å². The fraction of sp³-hybridized carbons (Fsp3) is 0.160. The Balaban J connectivity index is 2.00. The van der Waals surface area contributed by atoms with Gasteiger partial charge in [0.15, 0.2) is 4.80 Å². The van der Waals surface area contributed by atoms with Gasteiger partial charge in [-0.3, -0.25) is 14.7 Å². The van der Waals surface area contributed by atoms with Crippen molar-refractivity contribution in [2.75, 3.05) is 0 Å². The van der Waals surface area contributed by atoms with Crippen molar-refractivity contribution < 1.29 is 4.92 Å². The third-order valence-electron chi connectivity index (χ3n) is 5.22. The van der Waals surface area contributed by atoms with Crippen molar-refractivity contribution in [3.63, 3.8) is 0 Å². The molecule has 0 aliphatic rings. The van der Waals surface area contributed by atoms with Gasteiger partial charge in [0, 0.05) is 23.1 Å². The van der Waals surface area contributed by atoms with Crippen molar-refractivity contribution in [2.45, 2.75) is 27.7 Å². The number of hydrogen-bond acceptors (Lipinski definition) is 4. The zero-order valence-electron chi connectivity index (χ0n) is 17.9. The van der Waals surface area contributed by atoms with Crippen molar-refractivity contribution in [2.24, 2.45) is 4.99 Å². The third-order valence-corrected chi connectivity index (χ3v) is 6.05. The fourth-order valence-electron chi connectivity index (χ4n) is 3.69. The molecule has 0 unspecified atom stereocenters. The molecule has 0 bridgehead atoms. The number of nitrogens with zero attached hydrogens (tertiary/aromatic N) is 3. The maximum Gasteiger partial charge on any atom is 0.270 e. The number of rotatable bonds is 4. The Hall–Kier alpha value is -3.51.